The van der Waals surface area contributed by atoms with Crippen molar-refractivity contribution >= 4 is 37.3 Å². The van der Waals surface area contributed by atoms with Crippen LogP contribution in [0.2, 0.25) is 0 Å². The third kappa shape index (κ3) is 4.26. The average molecular weight is 367 g/mol. The molecule has 0 unspecified atom stereocenters. The molecule has 1 N–H and O–H groups in total. The van der Waals surface area contributed by atoms with Crippen LogP contribution in [0.4, 0.5) is 0 Å². The van der Waals surface area contributed by atoms with Crippen LogP contribution in [0, 0.1) is 6.92 Å². The van der Waals surface area contributed by atoms with Crippen molar-refractivity contribution in [3.63, 3.8) is 0 Å². The van der Waals surface area contributed by atoms with Crippen LogP contribution in [0.5, 0.6) is 0 Å². The molecule has 0 spiro atoms. The number of halogens is 1. The Bertz CT molecular complexity index is 502. The lowest BCUT2D eigenvalue weighted by molar-refractivity contribution is 0.233. The molecule has 0 amide bonds. The van der Waals surface area contributed by atoms with Gasteiger partial charge >= 0.3 is 0 Å². The van der Waals surface area contributed by atoms with Crippen LogP contribution in [0.3, 0.4) is 0 Å². The molecule has 2 heterocycles. The van der Waals surface area contributed by atoms with Crippen LogP contribution in [0.25, 0.3) is 0 Å². The molecule has 1 aromatic heterocycles. The predicted octanol–water partition coefficient (Wildman–Crippen LogP) is 2.58. The van der Waals surface area contributed by atoms with Crippen molar-refractivity contribution in [3.05, 3.63) is 15.4 Å². The highest BCUT2D eigenvalue weighted by molar-refractivity contribution is 9.11. The Labute approximate surface area is 127 Å². The molecule has 108 valence electrons. The Morgan fingerprint density at radius 3 is 2.63 bits per heavy atom. The third-order valence-electron chi connectivity index (χ3n) is 3.27. The fourth-order valence-corrected chi connectivity index (χ4v) is 5.45. The number of nitrogens with one attached hydrogen (secondary N) is 1. The summed E-state index contributed by atoms with van der Waals surface area (Å²) in [7, 11) is -3.35. The summed E-state index contributed by atoms with van der Waals surface area (Å²) in [5.41, 5.74) is 0.960. The first kappa shape index (κ1) is 15.4. The molecule has 0 aromatic carbocycles. The molecular formula is C12H19BrN2O2S2. The fourth-order valence-electron chi connectivity index (χ4n) is 2.16. The Kier molecular flexibility index (Phi) is 5.42. The zero-order valence-corrected chi connectivity index (χ0v) is 14.2. The summed E-state index contributed by atoms with van der Waals surface area (Å²) in [5, 5.41) is 0. The summed E-state index contributed by atoms with van der Waals surface area (Å²) in [6.45, 7) is 5.35. The van der Waals surface area contributed by atoms with Gasteiger partial charge in [0.25, 0.3) is 0 Å². The van der Waals surface area contributed by atoms with Gasteiger partial charge in [0.2, 0.25) is 10.0 Å². The molecule has 4 nitrogen and oxygen atoms in total. The van der Waals surface area contributed by atoms with E-state index in [1.807, 2.05) is 6.92 Å². The number of aryl methyl sites for hydroxylation is 1. The van der Waals surface area contributed by atoms with Gasteiger partial charge in [-0.2, -0.15) is 0 Å². The van der Waals surface area contributed by atoms with Gasteiger partial charge in [-0.05, 0) is 60.4 Å². The fraction of sp³-hybridized carbons (Fsp3) is 0.667. The second kappa shape index (κ2) is 6.67. The van der Waals surface area contributed by atoms with E-state index in [9.17, 15) is 8.42 Å². The van der Waals surface area contributed by atoms with Crippen molar-refractivity contribution in [1.29, 1.82) is 0 Å². The molecule has 7 heteroatoms. The van der Waals surface area contributed by atoms with Crippen LogP contribution in [-0.2, 0) is 10.0 Å². The molecule has 0 radical (unpaired) electrons. The van der Waals surface area contributed by atoms with Crippen molar-refractivity contribution in [3.8, 4) is 0 Å². The van der Waals surface area contributed by atoms with Gasteiger partial charge < -0.3 is 4.90 Å². The molecule has 0 bridgehead atoms. The van der Waals surface area contributed by atoms with Crippen molar-refractivity contribution in [1.82, 2.24) is 9.62 Å². The van der Waals surface area contributed by atoms with Crippen LogP contribution in [-0.4, -0.2) is 39.5 Å². The molecule has 0 aliphatic carbocycles. The van der Waals surface area contributed by atoms with Crippen molar-refractivity contribution in [2.75, 3.05) is 26.2 Å². The van der Waals surface area contributed by atoms with E-state index >= 15 is 0 Å². The minimum absolute atomic E-state index is 0.385. The zero-order valence-electron chi connectivity index (χ0n) is 11.0. The van der Waals surface area contributed by atoms with E-state index in [1.54, 1.807) is 6.07 Å². The topological polar surface area (TPSA) is 49.4 Å². The maximum absolute atomic E-state index is 12.1. The summed E-state index contributed by atoms with van der Waals surface area (Å²) in [5.74, 6) is 0. The number of hydrogen-bond acceptors (Lipinski definition) is 4. The van der Waals surface area contributed by atoms with E-state index in [0.29, 0.717) is 10.8 Å². The summed E-state index contributed by atoms with van der Waals surface area (Å²) >= 11 is 4.62. The standard InChI is InChI=1S/C12H19BrN2O2S2/c1-10-9-11(18-12(10)13)19(16,17)14-5-8-15-6-3-2-4-7-15/h9,14H,2-8H2,1H3. The van der Waals surface area contributed by atoms with Crippen LogP contribution < -0.4 is 4.72 Å². The Balaban J connectivity index is 1.87. The second-order valence-electron chi connectivity index (χ2n) is 4.82. The highest BCUT2D eigenvalue weighted by Gasteiger charge is 2.18. The zero-order chi connectivity index (χ0) is 13.9. The van der Waals surface area contributed by atoms with Gasteiger partial charge in [-0.15, -0.1) is 11.3 Å². The van der Waals surface area contributed by atoms with Gasteiger partial charge in [0.1, 0.15) is 4.21 Å². The van der Waals surface area contributed by atoms with Crippen molar-refractivity contribution in [2.45, 2.75) is 30.4 Å². The Hall–Kier alpha value is 0.0500. The van der Waals surface area contributed by atoms with Gasteiger partial charge in [0, 0.05) is 13.1 Å². The largest absolute Gasteiger partial charge is 0.302 e. The molecule has 1 saturated heterocycles. The van der Waals surface area contributed by atoms with Gasteiger partial charge in [-0.25, -0.2) is 13.1 Å². The molecule has 1 aliphatic rings. The van der Waals surface area contributed by atoms with Crippen LogP contribution >= 0.6 is 27.3 Å². The van der Waals surface area contributed by atoms with Gasteiger partial charge in [0.05, 0.1) is 3.79 Å². The van der Waals surface area contributed by atoms with E-state index < -0.39 is 10.0 Å². The Morgan fingerprint density at radius 1 is 1.37 bits per heavy atom. The lowest BCUT2D eigenvalue weighted by atomic mass is 10.1. The van der Waals surface area contributed by atoms with E-state index in [2.05, 4.69) is 25.6 Å². The SMILES string of the molecule is Cc1cc(S(=O)(=O)NCCN2CCCCC2)sc1Br. The highest BCUT2D eigenvalue weighted by atomic mass is 79.9. The number of sulfonamides is 1. The van der Waals surface area contributed by atoms with E-state index in [0.717, 1.165) is 29.0 Å². The first-order valence-electron chi connectivity index (χ1n) is 6.47. The normalized spacial score (nSPS) is 17.8. The summed E-state index contributed by atoms with van der Waals surface area (Å²) in [6.07, 6.45) is 3.75. The summed E-state index contributed by atoms with van der Waals surface area (Å²) < 4.78 is 28.1. The molecule has 0 saturated carbocycles. The van der Waals surface area contributed by atoms with E-state index in [-0.39, 0.29) is 0 Å². The first-order chi connectivity index (χ1) is 8.99. The molecule has 2 rings (SSSR count). The molecule has 1 fully saturated rings. The number of hydrogen-bond donors (Lipinski definition) is 1. The van der Waals surface area contributed by atoms with Crippen LogP contribution in [0.15, 0.2) is 14.1 Å². The Morgan fingerprint density at radius 2 is 2.05 bits per heavy atom. The summed E-state index contributed by atoms with van der Waals surface area (Å²) in [4.78, 5) is 2.32. The van der Waals surface area contributed by atoms with Crippen molar-refractivity contribution < 1.29 is 8.42 Å². The molecule has 0 atom stereocenters. The molecule has 1 aliphatic heterocycles. The maximum Gasteiger partial charge on any atom is 0.250 e. The van der Waals surface area contributed by atoms with Gasteiger partial charge in [0.15, 0.2) is 0 Å². The smallest absolute Gasteiger partial charge is 0.250 e. The van der Waals surface area contributed by atoms with E-state index in [1.165, 1.54) is 30.6 Å². The lowest BCUT2D eigenvalue weighted by Gasteiger charge is -2.26. The number of rotatable bonds is 5. The lowest BCUT2D eigenvalue weighted by Crippen LogP contribution is -2.37. The monoisotopic (exact) mass is 366 g/mol. The molecule has 19 heavy (non-hydrogen) atoms. The number of likely N-dealkylation sites (tertiary alicyclic amines) is 1. The molecular weight excluding hydrogens is 348 g/mol. The first-order valence-corrected chi connectivity index (χ1v) is 9.56. The summed E-state index contributed by atoms with van der Waals surface area (Å²) in [6, 6.07) is 1.71. The predicted molar refractivity (Wildman–Crippen MR) is 82.2 cm³/mol. The number of nitrogens with zero attached hydrogens (tertiary/aromatic N) is 1. The highest BCUT2D eigenvalue weighted by Crippen LogP contribution is 2.30. The molecule has 1 aromatic rings. The van der Waals surface area contributed by atoms with Gasteiger partial charge in [-0.1, -0.05) is 6.42 Å². The third-order valence-corrected chi connectivity index (χ3v) is 7.34. The quantitative estimate of drug-likeness (QED) is 0.870. The number of piperidine rings is 1. The van der Waals surface area contributed by atoms with Crippen LogP contribution in [0.1, 0.15) is 24.8 Å². The van der Waals surface area contributed by atoms with Crippen molar-refractivity contribution in [2.24, 2.45) is 0 Å². The minimum atomic E-state index is -3.35. The van der Waals surface area contributed by atoms with Gasteiger partial charge in [-0.3, -0.25) is 0 Å². The second-order valence-corrected chi connectivity index (χ2v) is 9.19. The van der Waals surface area contributed by atoms with E-state index in [4.69, 9.17) is 0 Å². The number of thiophene rings is 1. The minimum Gasteiger partial charge on any atom is -0.302 e. The average Bonchev–Trinajstić information content (AvgIpc) is 2.72. The maximum atomic E-state index is 12.1.